The van der Waals surface area contributed by atoms with Gasteiger partial charge in [-0.2, -0.15) is 0 Å². The Labute approximate surface area is 187 Å². The molecule has 7 heteroatoms. The second kappa shape index (κ2) is 8.73. The minimum Gasteiger partial charge on any atom is -0.465 e. The summed E-state index contributed by atoms with van der Waals surface area (Å²) in [4.78, 5) is 28.3. The van der Waals surface area contributed by atoms with E-state index in [9.17, 15) is 9.59 Å². The van der Waals surface area contributed by atoms with Gasteiger partial charge in [0, 0.05) is 16.6 Å². The van der Waals surface area contributed by atoms with Gasteiger partial charge in [0.1, 0.15) is 11.3 Å². The van der Waals surface area contributed by atoms with E-state index in [1.165, 1.54) is 14.2 Å². The lowest BCUT2D eigenvalue weighted by molar-refractivity contribution is 0.0592. The number of halogens is 1. The molecule has 0 atom stereocenters. The number of imidazole rings is 1. The Hall–Kier alpha value is -3.45. The summed E-state index contributed by atoms with van der Waals surface area (Å²) in [6, 6.07) is 20.4. The number of rotatable bonds is 5. The Bertz CT molecular complexity index is 1260. The zero-order valence-corrected chi connectivity index (χ0v) is 18.5. The van der Waals surface area contributed by atoms with Crippen molar-refractivity contribution < 1.29 is 19.1 Å². The molecule has 0 aliphatic heterocycles. The van der Waals surface area contributed by atoms with Crippen LogP contribution in [0.15, 0.2) is 71.2 Å². The van der Waals surface area contributed by atoms with Crippen molar-refractivity contribution in [1.29, 1.82) is 0 Å². The van der Waals surface area contributed by atoms with Gasteiger partial charge < -0.3 is 14.0 Å². The van der Waals surface area contributed by atoms with Crippen molar-refractivity contribution in [3.63, 3.8) is 0 Å². The SMILES string of the molecule is COC(=O)c1ccc(Cn2c(-c3ccc(C(=O)OC)cc3)nc3c(Br)cccc32)cc1. The van der Waals surface area contributed by atoms with E-state index in [1.54, 1.807) is 24.3 Å². The van der Waals surface area contributed by atoms with Crippen LogP contribution >= 0.6 is 15.9 Å². The number of aromatic nitrogens is 2. The highest BCUT2D eigenvalue weighted by Crippen LogP contribution is 2.30. The molecule has 4 aromatic rings. The van der Waals surface area contributed by atoms with Crippen molar-refractivity contribution in [2.24, 2.45) is 0 Å². The maximum atomic E-state index is 11.8. The second-order valence-electron chi connectivity index (χ2n) is 6.89. The standard InChI is InChI=1S/C24H19BrN2O4/c1-30-23(28)17-8-6-15(7-9-17)14-27-20-5-3-4-19(25)21(20)26-22(27)16-10-12-18(13-11-16)24(29)31-2/h3-13H,14H2,1-2H3. The molecule has 31 heavy (non-hydrogen) atoms. The Morgan fingerprint density at radius 2 is 1.45 bits per heavy atom. The van der Waals surface area contributed by atoms with Gasteiger partial charge in [-0.1, -0.05) is 30.3 Å². The number of benzene rings is 3. The van der Waals surface area contributed by atoms with Crippen LogP contribution in [0.2, 0.25) is 0 Å². The molecule has 0 saturated heterocycles. The highest BCUT2D eigenvalue weighted by molar-refractivity contribution is 9.10. The summed E-state index contributed by atoms with van der Waals surface area (Å²) < 4.78 is 12.6. The van der Waals surface area contributed by atoms with Crippen LogP contribution < -0.4 is 0 Å². The van der Waals surface area contributed by atoms with Crippen molar-refractivity contribution in [3.05, 3.63) is 87.9 Å². The van der Waals surface area contributed by atoms with Gasteiger partial charge in [-0.25, -0.2) is 14.6 Å². The molecule has 0 aliphatic carbocycles. The summed E-state index contributed by atoms with van der Waals surface area (Å²) in [5, 5.41) is 0. The van der Waals surface area contributed by atoms with E-state index in [-0.39, 0.29) is 11.9 Å². The monoisotopic (exact) mass is 478 g/mol. The number of fused-ring (bicyclic) bond motifs is 1. The van der Waals surface area contributed by atoms with Crippen LogP contribution in [0.25, 0.3) is 22.4 Å². The quantitative estimate of drug-likeness (QED) is 0.373. The van der Waals surface area contributed by atoms with Crippen LogP contribution in [0, 0.1) is 0 Å². The zero-order valence-electron chi connectivity index (χ0n) is 17.0. The van der Waals surface area contributed by atoms with Gasteiger partial charge in [-0.05, 0) is 57.9 Å². The van der Waals surface area contributed by atoms with Crippen molar-refractivity contribution in [2.75, 3.05) is 14.2 Å². The summed E-state index contributed by atoms with van der Waals surface area (Å²) in [6.45, 7) is 0.558. The van der Waals surface area contributed by atoms with Crippen LogP contribution in [-0.2, 0) is 16.0 Å². The van der Waals surface area contributed by atoms with E-state index in [0.29, 0.717) is 17.7 Å². The first-order valence-corrected chi connectivity index (χ1v) is 10.3. The lowest BCUT2D eigenvalue weighted by Gasteiger charge is -2.11. The van der Waals surface area contributed by atoms with Crippen molar-refractivity contribution >= 4 is 38.9 Å². The molecular formula is C24H19BrN2O4. The van der Waals surface area contributed by atoms with Crippen molar-refractivity contribution in [2.45, 2.75) is 6.54 Å². The number of carbonyl (C=O) groups is 2. The van der Waals surface area contributed by atoms with Gasteiger partial charge in [0.15, 0.2) is 0 Å². The van der Waals surface area contributed by atoms with Crippen molar-refractivity contribution in [1.82, 2.24) is 9.55 Å². The van der Waals surface area contributed by atoms with Gasteiger partial charge >= 0.3 is 11.9 Å². The van der Waals surface area contributed by atoms with E-state index in [0.717, 1.165) is 32.5 Å². The van der Waals surface area contributed by atoms with E-state index < -0.39 is 0 Å². The topological polar surface area (TPSA) is 70.4 Å². The average Bonchev–Trinajstić information content (AvgIpc) is 3.18. The highest BCUT2D eigenvalue weighted by atomic mass is 79.9. The lowest BCUT2D eigenvalue weighted by atomic mass is 10.1. The van der Waals surface area contributed by atoms with Crippen LogP contribution in [0.5, 0.6) is 0 Å². The molecule has 156 valence electrons. The fourth-order valence-corrected chi connectivity index (χ4v) is 3.86. The molecule has 0 aliphatic rings. The predicted molar refractivity (Wildman–Crippen MR) is 121 cm³/mol. The molecule has 3 aromatic carbocycles. The number of methoxy groups -OCH3 is 2. The molecule has 1 heterocycles. The second-order valence-corrected chi connectivity index (χ2v) is 7.74. The van der Waals surface area contributed by atoms with Gasteiger partial charge in [-0.15, -0.1) is 0 Å². The normalized spacial score (nSPS) is 10.8. The molecule has 4 rings (SSSR count). The summed E-state index contributed by atoms with van der Waals surface area (Å²) in [5.74, 6) is 0.0267. The smallest absolute Gasteiger partial charge is 0.337 e. The molecule has 0 N–H and O–H groups in total. The first-order chi connectivity index (χ1) is 15.0. The number of carbonyl (C=O) groups excluding carboxylic acids is 2. The minimum absolute atomic E-state index is 0.366. The Balaban J connectivity index is 1.78. The predicted octanol–water partition coefficient (Wildman–Crippen LogP) is 5.09. The molecule has 0 radical (unpaired) electrons. The Kier molecular flexibility index (Phi) is 5.86. The van der Waals surface area contributed by atoms with E-state index in [2.05, 4.69) is 20.5 Å². The van der Waals surface area contributed by atoms with Crippen molar-refractivity contribution in [3.8, 4) is 11.4 Å². The first-order valence-electron chi connectivity index (χ1n) is 9.52. The summed E-state index contributed by atoms with van der Waals surface area (Å²) >= 11 is 3.59. The molecule has 1 aromatic heterocycles. The average molecular weight is 479 g/mol. The summed E-state index contributed by atoms with van der Waals surface area (Å²) in [5.41, 5.74) is 4.69. The number of ether oxygens (including phenoxy) is 2. The minimum atomic E-state index is -0.381. The van der Waals surface area contributed by atoms with Crippen LogP contribution in [0.1, 0.15) is 26.3 Å². The van der Waals surface area contributed by atoms with Gasteiger partial charge in [-0.3, -0.25) is 0 Å². The third-order valence-electron chi connectivity index (χ3n) is 5.01. The van der Waals surface area contributed by atoms with E-state index in [4.69, 9.17) is 14.5 Å². The molecule has 0 fully saturated rings. The molecule has 6 nitrogen and oxygen atoms in total. The van der Waals surface area contributed by atoms with E-state index >= 15 is 0 Å². The van der Waals surface area contributed by atoms with Gasteiger partial charge in [0.2, 0.25) is 0 Å². The van der Waals surface area contributed by atoms with Crippen LogP contribution in [-0.4, -0.2) is 35.7 Å². The number of esters is 2. The fourth-order valence-electron chi connectivity index (χ4n) is 3.41. The van der Waals surface area contributed by atoms with E-state index in [1.807, 2.05) is 42.5 Å². The fraction of sp³-hybridized carbons (Fsp3) is 0.125. The number of hydrogen-bond acceptors (Lipinski definition) is 5. The third kappa shape index (κ3) is 4.09. The first kappa shape index (κ1) is 20.8. The van der Waals surface area contributed by atoms with Gasteiger partial charge in [0.05, 0.1) is 30.9 Å². The Morgan fingerprint density at radius 3 is 2.03 bits per heavy atom. The summed E-state index contributed by atoms with van der Waals surface area (Å²) in [7, 11) is 2.72. The number of hydrogen-bond donors (Lipinski definition) is 0. The molecule has 0 unspecified atom stereocenters. The maximum Gasteiger partial charge on any atom is 0.337 e. The summed E-state index contributed by atoms with van der Waals surface area (Å²) in [6.07, 6.45) is 0. The molecule has 0 bridgehead atoms. The number of para-hydroxylation sites is 1. The zero-order chi connectivity index (χ0) is 22.0. The maximum absolute atomic E-state index is 11.8. The largest absolute Gasteiger partial charge is 0.465 e. The lowest BCUT2D eigenvalue weighted by Crippen LogP contribution is -2.05. The highest BCUT2D eigenvalue weighted by Gasteiger charge is 2.16. The third-order valence-corrected chi connectivity index (χ3v) is 5.65. The molecule has 0 amide bonds. The Morgan fingerprint density at radius 1 is 0.871 bits per heavy atom. The van der Waals surface area contributed by atoms with Crippen LogP contribution in [0.4, 0.5) is 0 Å². The number of nitrogens with zero attached hydrogens (tertiary/aromatic N) is 2. The van der Waals surface area contributed by atoms with Crippen LogP contribution in [0.3, 0.4) is 0 Å². The molecule has 0 saturated carbocycles. The molecule has 0 spiro atoms. The van der Waals surface area contributed by atoms with Gasteiger partial charge in [0.25, 0.3) is 0 Å². The molecular weight excluding hydrogens is 460 g/mol.